The maximum Gasteiger partial charge on any atom is 2.00 e. The summed E-state index contributed by atoms with van der Waals surface area (Å²) >= 11 is 9.09. The summed E-state index contributed by atoms with van der Waals surface area (Å²) < 4.78 is 0. The van der Waals surface area contributed by atoms with Crippen LogP contribution >= 0.6 is 0 Å². The fourth-order valence-corrected chi connectivity index (χ4v) is 2.32. The van der Waals surface area contributed by atoms with Crippen molar-refractivity contribution in [1.82, 2.24) is 0 Å². The Morgan fingerprint density at radius 2 is 0.703 bits per heavy atom. The van der Waals surface area contributed by atoms with Gasteiger partial charge in [0.25, 0.3) is 0 Å². The molecule has 0 heterocycles. The van der Waals surface area contributed by atoms with E-state index in [2.05, 4.69) is 45.7 Å². The fraction of sp³-hybridized carbons (Fsp3) is 0.0769. The Morgan fingerprint density at radius 1 is 0.486 bits per heavy atom. The molecule has 0 saturated heterocycles. The van der Waals surface area contributed by atoms with Crippen LogP contribution in [0.15, 0.2) is 20.4 Å². The third kappa shape index (κ3) is 24.0. The topological polar surface area (TPSA) is 101 Å². The smallest absolute Gasteiger partial charge is 0.741 e. The summed E-state index contributed by atoms with van der Waals surface area (Å²) in [5.41, 5.74) is 11.9. The Bertz CT molecular complexity index is 578. The van der Waals surface area contributed by atoms with Gasteiger partial charge in [-0.3, -0.25) is 0 Å². The predicted octanol–water partition coefficient (Wildman–Crippen LogP) is 3.29. The van der Waals surface area contributed by atoms with E-state index >= 15 is 0 Å². The minimum absolute atomic E-state index is 0. The Hall–Kier alpha value is 0.421. The molecular weight excluding hydrogens is 679 g/mol. The van der Waals surface area contributed by atoms with Crippen molar-refractivity contribution in [1.29, 1.82) is 0 Å². The zero-order valence-corrected chi connectivity index (χ0v) is 25.6. The number of rotatable bonds is 4. The summed E-state index contributed by atoms with van der Waals surface area (Å²) in [6.07, 6.45) is 35.6. The van der Waals surface area contributed by atoms with E-state index in [4.69, 9.17) is 11.5 Å². The van der Waals surface area contributed by atoms with Gasteiger partial charge in [0.2, 0.25) is 0 Å². The molecule has 4 aliphatic rings. The summed E-state index contributed by atoms with van der Waals surface area (Å²) in [6, 6.07) is 0. The van der Waals surface area contributed by atoms with Crippen LogP contribution in [-0.2, 0) is 79.8 Å². The van der Waals surface area contributed by atoms with Gasteiger partial charge in [0.05, 0.1) is 0 Å². The summed E-state index contributed by atoms with van der Waals surface area (Å²) in [7, 11) is 0. The molecule has 4 fully saturated rings. The van der Waals surface area contributed by atoms with E-state index in [0.29, 0.717) is 0 Å². The van der Waals surface area contributed by atoms with E-state index in [9.17, 15) is 0 Å². The zero-order valence-electron chi connectivity index (χ0n) is 20.2. The van der Waals surface area contributed by atoms with Crippen LogP contribution in [0.1, 0.15) is 13.8 Å². The first-order chi connectivity index (χ1) is 16.4. The number of hydrogen-bond acceptors (Lipinski definition) is 6. The van der Waals surface area contributed by atoms with Crippen molar-refractivity contribution >= 4 is 47.0 Å². The van der Waals surface area contributed by atoms with Crippen LogP contribution in [0.2, 0.25) is 0 Å². The summed E-state index contributed by atoms with van der Waals surface area (Å²) in [5, 5.41) is 15.0. The van der Waals surface area contributed by atoms with Gasteiger partial charge in [0.1, 0.15) is 0 Å². The maximum atomic E-state index is 5.15. The van der Waals surface area contributed by atoms with E-state index in [1.165, 1.54) is 0 Å². The van der Waals surface area contributed by atoms with Crippen LogP contribution in [0.25, 0.3) is 0 Å². The molecule has 4 saturated carbocycles. The van der Waals surface area contributed by atoms with Crippen molar-refractivity contribution in [2.24, 2.45) is 31.9 Å². The van der Waals surface area contributed by atoms with Crippen LogP contribution in [0.5, 0.6) is 0 Å². The first kappa shape index (κ1) is 41.9. The van der Waals surface area contributed by atoms with Gasteiger partial charge in [0.15, 0.2) is 0 Å². The van der Waals surface area contributed by atoms with E-state index in [1.807, 2.05) is 129 Å². The first-order valence-electron chi connectivity index (χ1n) is 10.3. The molecule has 0 aromatic rings. The van der Waals surface area contributed by atoms with Crippen LogP contribution < -0.4 is 11.5 Å². The monoisotopic (exact) mass is 706 g/mol. The molecule has 6 nitrogen and oxygen atoms in total. The Morgan fingerprint density at radius 3 is 0.892 bits per heavy atom. The van der Waals surface area contributed by atoms with Crippen LogP contribution in [0.3, 0.4) is 0 Å². The molecule has 0 unspecified atom stereocenters. The van der Waals surface area contributed by atoms with Gasteiger partial charge in [-0.1, -0.05) is 0 Å². The van der Waals surface area contributed by atoms with Gasteiger partial charge in [-0.15, -0.1) is 0 Å². The SMILES string of the molecule is C/C(=N/N=C(/N)[S-])[C]1[CH][CH][CH][CH]1.C/C(=N/N=C(/N)[S-])[C]1[CH][CH][CH][CH]1.[CH]1[CH][CH][CH][CH]1.[CH]1[CH][CH][CH][CH]1.[Fe+2].[Fe+2].[Pd+2]. The molecule has 0 aliphatic heterocycles. The zero-order chi connectivity index (χ0) is 25.0. The molecule has 20 radical (unpaired) electrons. The standard InChI is InChI=1S/2C8H10N3S.2C5H5.2Fe.Pd/c2*1-6(10-11-8(9)12)7-4-2-3-5-7;2*1-2-4-5-3-1;;;/h2*2-5H,1H3,(H3,9,11,12);2*1-5H;;;/q;;;;3*+2/p-2/b2*10-6-;;;;;. The molecule has 0 amide bonds. The largest absolute Gasteiger partial charge is 2.00 e. The molecule has 4 rings (SSSR count). The van der Waals surface area contributed by atoms with E-state index in [1.54, 1.807) is 0 Å². The molecule has 0 aromatic heterocycles. The normalized spacial score (nSPS) is 20.6. The molecule has 11 heteroatoms. The molecule has 0 atom stereocenters. The van der Waals surface area contributed by atoms with E-state index in [0.717, 1.165) is 23.3 Å². The molecule has 196 valence electrons. The van der Waals surface area contributed by atoms with Gasteiger partial charge in [0, 0.05) is 23.3 Å². The van der Waals surface area contributed by atoms with Crippen molar-refractivity contribution in [3.05, 3.63) is 127 Å². The quantitative estimate of drug-likeness (QED) is 0.154. The minimum Gasteiger partial charge on any atom is -0.741 e. The average Bonchev–Trinajstić information content (AvgIpc) is 3.65. The summed E-state index contributed by atoms with van der Waals surface area (Å²) in [6.45, 7) is 3.72. The Labute approximate surface area is 272 Å². The van der Waals surface area contributed by atoms with Crippen LogP contribution in [-0.4, -0.2) is 21.8 Å². The predicted molar refractivity (Wildman–Crippen MR) is 148 cm³/mol. The van der Waals surface area contributed by atoms with Gasteiger partial charge in [-0.2, -0.15) is 20.4 Å². The second-order valence-electron chi connectivity index (χ2n) is 6.52. The van der Waals surface area contributed by atoms with Crippen LogP contribution in [0.4, 0.5) is 0 Å². The first-order valence-corrected chi connectivity index (χ1v) is 11.1. The van der Waals surface area contributed by atoms with E-state index < -0.39 is 0 Å². The maximum absolute atomic E-state index is 5.15. The third-order valence-electron chi connectivity index (χ3n) is 3.87. The second-order valence-corrected chi connectivity index (χ2v) is 7.36. The van der Waals surface area contributed by atoms with Gasteiger partial charge < -0.3 is 36.7 Å². The number of hydrogen-bond donors (Lipinski definition) is 2. The third-order valence-corrected chi connectivity index (χ3v) is 4.03. The summed E-state index contributed by atoms with van der Waals surface area (Å²) in [5.74, 6) is 2.07. The van der Waals surface area contributed by atoms with Crippen molar-refractivity contribution in [2.45, 2.75) is 13.8 Å². The van der Waals surface area contributed by atoms with Crippen molar-refractivity contribution in [2.75, 3.05) is 0 Å². The second kappa shape index (κ2) is 28.0. The molecule has 0 aromatic carbocycles. The van der Waals surface area contributed by atoms with E-state index in [-0.39, 0.29) is 64.9 Å². The summed E-state index contributed by atoms with van der Waals surface area (Å²) in [4.78, 5) is 0. The molecule has 37 heavy (non-hydrogen) atoms. The van der Waals surface area contributed by atoms with Crippen LogP contribution in [0, 0.1) is 127 Å². The molecular formula is C26H28Fe2N6PdS2+4. The fourth-order valence-electron chi connectivity index (χ4n) is 2.24. The number of nitrogens with two attached hydrogens (primary N) is 2. The van der Waals surface area contributed by atoms with Gasteiger partial charge in [-0.25, -0.2) is 0 Å². The minimum atomic E-state index is 0. The Balaban J connectivity index is -0.000000433. The molecule has 4 N–H and O–H groups in total. The molecule has 0 bridgehead atoms. The number of amidine groups is 2. The molecule has 4 aliphatic carbocycles. The van der Waals surface area contributed by atoms with Gasteiger partial charge >= 0.3 is 54.6 Å². The van der Waals surface area contributed by atoms with Crippen molar-refractivity contribution in [3.8, 4) is 0 Å². The molecule has 0 spiro atoms. The van der Waals surface area contributed by atoms with Gasteiger partial charge in [-0.05, 0) is 140 Å². The number of nitrogens with zero attached hydrogens (tertiary/aromatic N) is 4. The Kier molecular flexibility index (Phi) is 31.7. The van der Waals surface area contributed by atoms with Crippen molar-refractivity contribution < 1.29 is 54.6 Å². The van der Waals surface area contributed by atoms with Crippen molar-refractivity contribution in [3.63, 3.8) is 0 Å². The average molecular weight is 707 g/mol.